The molecule has 0 saturated heterocycles. The first-order valence-electron chi connectivity index (χ1n) is 5.87. The SMILES string of the molecule is CCCNc1nc(C)cn1-c1cc(Br)ccc1Br. The Kier molecular flexibility index (Phi) is 4.45. The summed E-state index contributed by atoms with van der Waals surface area (Å²) in [4.78, 5) is 4.51. The number of nitrogens with zero attached hydrogens (tertiary/aromatic N) is 2. The van der Waals surface area contributed by atoms with Crippen LogP contribution in [-0.2, 0) is 0 Å². The first kappa shape index (κ1) is 13.6. The van der Waals surface area contributed by atoms with Gasteiger partial charge in [-0.05, 0) is 47.5 Å². The van der Waals surface area contributed by atoms with Gasteiger partial charge in [0.1, 0.15) is 0 Å². The molecule has 0 spiro atoms. The van der Waals surface area contributed by atoms with E-state index in [1.54, 1.807) is 0 Å². The number of aryl methyl sites for hydroxylation is 1. The Morgan fingerprint density at radius 2 is 2.11 bits per heavy atom. The van der Waals surface area contributed by atoms with E-state index in [-0.39, 0.29) is 0 Å². The topological polar surface area (TPSA) is 29.9 Å². The van der Waals surface area contributed by atoms with Gasteiger partial charge in [0.15, 0.2) is 0 Å². The van der Waals surface area contributed by atoms with Crippen molar-refractivity contribution in [2.75, 3.05) is 11.9 Å². The van der Waals surface area contributed by atoms with Crippen LogP contribution >= 0.6 is 31.9 Å². The lowest BCUT2D eigenvalue weighted by molar-refractivity contribution is 0.935. The molecule has 0 unspecified atom stereocenters. The molecule has 1 heterocycles. The standard InChI is InChI=1S/C13H15Br2N3/c1-3-6-16-13-17-9(2)8-18(13)12-7-10(14)4-5-11(12)15/h4-5,7-8H,3,6H2,1-2H3,(H,16,17). The van der Waals surface area contributed by atoms with Crippen LogP contribution in [0, 0.1) is 6.92 Å². The molecular weight excluding hydrogens is 358 g/mol. The van der Waals surface area contributed by atoms with Crippen molar-refractivity contribution in [2.45, 2.75) is 20.3 Å². The zero-order valence-electron chi connectivity index (χ0n) is 10.4. The smallest absolute Gasteiger partial charge is 0.207 e. The number of imidazole rings is 1. The van der Waals surface area contributed by atoms with Gasteiger partial charge in [0.05, 0.1) is 11.4 Å². The largest absolute Gasteiger partial charge is 0.355 e. The monoisotopic (exact) mass is 371 g/mol. The van der Waals surface area contributed by atoms with Gasteiger partial charge in [0, 0.05) is 21.7 Å². The van der Waals surface area contributed by atoms with Gasteiger partial charge in [0.25, 0.3) is 0 Å². The van der Waals surface area contributed by atoms with Crippen LogP contribution in [0.2, 0.25) is 0 Å². The maximum absolute atomic E-state index is 4.51. The number of anilines is 1. The lowest BCUT2D eigenvalue weighted by atomic mass is 10.3. The maximum Gasteiger partial charge on any atom is 0.207 e. The minimum Gasteiger partial charge on any atom is -0.355 e. The Balaban J connectivity index is 2.45. The molecule has 96 valence electrons. The van der Waals surface area contributed by atoms with Gasteiger partial charge in [-0.15, -0.1) is 0 Å². The van der Waals surface area contributed by atoms with Crippen molar-refractivity contribution >= 4 is 37.8 Å². The summed E-state index contributed by atoms with van der Waals surface area (Å²) in [6.45, 7) is 5.06. The van der Waals surface area contributed by atoms with E-state index >= 15 is 0 Å². The second kappa shape index (κ2) is 5.89. The summed E-state index contributed by atoms with van der Waals surface area (Å²) >= 11 is 7.08. The van der Waals surface area contributed by atoms with Crippen molar-refractivity contribution in [3.8, 4) is 5.69 Å². The maximum atomic E-state index is 4.51. The van der Waals surface area contributed by atoms with Crippen LogP contribution in [0.4, 0.5) is 5.95 Å². The second-order valence-electron chi connectivity index (χ2n) is 4.10. The van der Waals surface area contributed by atoms with Gasteiger partial charge in [0.2, 0.25) is 5.95 Å². The van der Waals surface area contributed by atoms with E-state index in [1.807, 2.05) is 25.3 Å². The normalized spacial score (nSPS) is 10.7. The third-order valence-corrected chi connectivity index (χ3v) is 3.69. The molecule has 0 fully saturated rings. The van der Waals surface area contributed by atoms with Crippen molar-refractivity contribution in [1.82, 2.24) is 9.55 Å². The molecule has 0 radical (unpaired) electrons. The first-order valence-corrected chi connectivity index (χ1v) is 7.45. The fourth-order valence-corrected chi connectivity index (χ4v) is 2.50. The molecule has 0 aliphatic rings. The van der Waals surface area contributed by atoms with Crippen LogP contribution in [-0.4, -0.2) is 16.1 Å². The van der Waals surface area contributed by atoms with Crippen molar-refractivity contribution in [3.05, 3.63) is 39.0 Å². The lowest BCUT2D eigenvalue weighted by Crippen LogP contribution is -2.07. The average molecular weight is 373 g/mol. The van der Waals surface area contributed by atoms with Gasteiger partial charge in [-0.25, -0.2) is 4.98 Å². The van der Waals surface area contributed by atoms with Crippen LogP contribution < -0.4 is 5.32 Å². The quantitative estimate of drug-likeness (QED) is 0.854. The number of hydrogen-bond acceptors (Lipinski definition) is 2. The van der Waals surface area contributed by atoms with Crippen LogP contribution in [0.1, 0.15) is 19.0 Å². The van der Waals surface area contributed by atoms with Gasteiger partial charge in [-0.1, -0.05) is 22.9 Å². The molecule has 0 amide bonds. The number of rotatable bonds is 4. The van der Waals surface area contributed by atoms with Gasteiger partial charge < -0.3 is 5.32 Å². The van der Waals surface area contributed by atoms with E-state index in [0.29, 0.717) is 0 Å². The summed E-state index contributed by atoms with van der Waals surface area (Å²) in [6, 6.07) is 6.11. The van der Waals surface area contributed by atoms with E-state index in [2.05, 4.69) is 59.7 Å². The number of hydrogen-bond donors (Lipinski definition) is 1. The van der Waals surface area contributed by atoms with Crippen LogP contribution in [0.25, 0.3) is 5.69 Å². The first-order chi connectivity index (χ1) is 8.61. The van der Waals surface area contributed by atoms with Crippen LogP contribution in [0.15, 0.2) is 33.3 Å². The molecule has 3 nitrogen and oxygen atoms in total. The van der Waals surface area contributed by atoms with E-state index in [9.17, 15) is 0 Å². The van der Waals surface area contributed by atoms with E-state index in [4.69, 9.17) is 0 Å². The Morgan fingerprint density at radius 1 is 1.33 bits per heavy atom. The summed E-state index contributed by atoms with van der Waals surface area (Å²) in [6.07, 6.45) is 3.11. The zero-order chi connectivity index (χ0) is 13.1. The third kappa shape index (κ3) is 2.95. The van der Waals surface area contributed by atoms with Crippen molar-refractivity contribution in [3.63, 3.8) is 0 Å². The predicted octanol–water partition coefficient (Wildman–Crippen LogP) is 4.53. The van der Waals surface area contributed by atoms with E-state index < -0.39 is 0 Å². The van der Waals surface area contributed by atoms with Gasteiger partial charge >= 0.3 is 0 Å². The highest BCUT2D eigenvalue weighted by Crippen LogP contribution is 2.27. The van der Waals surface area contributed by atoms with Gasteiger partial charge in [-0.3, -0.25) is 4.57 Å². The molecule has 0 aliphatic carbocycles. The highest BCUT2D eigenvalue weighted by atomic mass is 79.9. The highest BCUT2D eigenvalue weighted by molar-refractivity contribution is 9.11. The summed E-state index contributed by atoms with van der Waals surface area (Å²) < 4.78 is 4.16. The molecule has 0 saturated carbocycles. The number of benzene rings is 1. The lowest BCUT2D eigenvalue weighted by Gasteiger charge is -2.11. The van der Waals surface area contributed by atoms with Crippen molar-refractivity contribution in [1.29, 1.82) is 0 Å². The third-order valence-electron chi connectivity index (χ3n) is 2.53. The summed E-state index contributed by atoms with van der Waals surface area (Å²) in [7, 11) is 0. The van der Waals surface area contributed by atoms with Crippen molar-refractivity contribution in [2.24, 2.45) is 0 Å². The fourth-order valence-electron chi connectivity index (χ4n) is 1.71. The molecular formula is C13H15Br2N3. The molecule has 1 aromatic carbocycles. The molecule has 0 atom stereocenters. The van der Waals surface area contributed by atoms with E-state index in [1.165, 1.54) is 0 Å². The fraction of sp³-hybridized carbons (Fsp3) is 0.308. The Bertz CT molecular complexity index is 549. The molecule has 5 heteroatoms. The van der Waals surface area contributed by atoms with Crippen LogP contribution in [0.3, 0.4) is 0 Å². The molecule has 2 aromatic rings. The minimum atomic E-state index is 0.883. The summed E-state index contributed by atoms with van der Waals surface area (Å²) in [5.41, 5.74) is 2.07. The average Bonchev–Trinajstić information content (AvgIpc) is 2.71. The minimum absolute atomic E-state index is 0.883. The van der Waals surface area contributed by atoms with E-state index in [0.717, 1.165) is 39.2 Å². The van der Waals surface area contributed by atoms with Gasteiger partial charge in [-0.2, -0.15) is 0 Å². The number of nitrogens with one attached hydrogen (secondary N) is 1. The Morgan fingerprint density at radius 3 is 2.83 bits per heavy atom. The van der Waals surface area contributed by atoms with Crippen LogP contribution in [0.5, 0.6) is 0 Å². The molecule has 0 aliphatic heterocycles. The zero-order valence-corrected chi connectivity index (χ0v) is 13.5. The Labute approximate surface area is 124 Å². The summed E-state index contributed by atoms with van der Waals surface area (Å²) in [5, 5.41) is 3.34. The molecule has 18 heavy (non-hydrogen) atoms. The molecule has 2 rings (SSSR count). The summed E-state index contributed by atoms with van der Waals surface area (Å²) in [5.74, 6) is 0.883. The Hall–Kier alpha value is -0.810. The number of aromatic nitrogens is 2. The second-order valence-corrected chi connectivity index (χ2v) is 5.87. The highest BCUT2D eigenvalue weighted by Gasteiger charge is 2.10. The molecule has 1 N–H and O–H groups in total. The predicted molar refractivity (Wildman–Crippen MR) is 82.5 cm³/mol. The number of halogens is 2. The molecule has 0 bridgehead atoms. The van der Waals surface area contributed by atoms with Crippen molar-refractivity contribution < 1.29 is 0 Å². The molecule has 1 aromatic heterocycles.